The van der Waals surface area contributed by atoms with Gasteiger partial charge in [0.2, 0.25) is 11.8 Å². The van der Waals surface area contributed by atoms with Gasteiger partial charge in [-0.25, -0.2) is 0 Å². The highest BCUT2D eigenvalue weighted by Gasteiger charge is 2.53. The van der Waals surface area contributed by atoms with E-state index >= 15 is 0 Å². The third-order valence-corrected chi connectivity index (χ3v) is 8.27. The standard InChI is InChI=1S/C28H32N4O4/c1-18-30-26(36-31-18)23-15-20(19-7-4-3-5-8-19)11-13-32(23)27(33)22-16-29-17-28(22)12-14-35-25-21(28)9-6-10-24(25)34-2/h3-10,20,22-23,29H,11-17H2,1-2H3/t20?,22-,23-,28-/m0/s1. The van der Waals surface area contributed by atoms with Crippen LogP contribution in [0.4, 0.5) is 0 Å². The van der Waals surface area contributed by atoms with Crippen LogP contribution in [0.2, 0.25) is 0 Å². The van der Waals surface area contributed by atoms with Gasteiger partial charge in [0.15, 0.2) is 17.3 Å². The largest absolute Gasteiger partial charge is 0.493 e. The summed E-state index contributed by atoms with van der Waals surface area (Å²) in [5.74, 6) is 2.85. The Hall–Kier alpha value is -3.39. The summed E-state index contributed by atoms with van der Waals surface area (Å²) in [5, 5.41) is 7.58. The number of carbonyl (C=O) groups excluding carboxylic acids is 1. The first-order valence-electron chi connectivity index (χ1n) is 12.8. The minimum atomic E-state index is -0.342. The van der Waals surface area contributed by atoms with E-state index in [0.29, 0.717) is 43.1 Å². The number of likely N-dealkylation sites (tertiary alicyclic amines) is 1. The van der Waals surface area contributed by atoms with Crippen molar-refractivity contribution in [1.29, 1.82) is 0 Å². The first kappa shape index (κ1) is 23.0. The average Bonchev–Trinajstić information content (AvgIpc) is 3.55. The van der Waals surface area contributed by atoms with Crippen molar-refractivity contribution in [2.75, 3.05) is 33.4 Å². The molecule has 1 amide bonds. The summed E-state index contributed by atoms with van der Waals surface area (Å²) < 4.78 is 17.3. The lowest BCUT2D eigenvalue weighted by atomic mass is 9.68. The molecule has 2 aromatic carbocycles. The van der Waals surface area contributed by atoms with Crippen LogP contribution in [0.25, 0.3) is 0 Å². The van der Waals surface area contributed by atoms with Crippen LogP contribution in [-0.4, -0.2) is 54.3 Å². The van der Waals surface area contributed by atoms with E-state index in [1.807, 2.05) is 30.0 Å². The molecule has 1 N–H and O–H groups in total. The van der Waals surface area contributed by atoms with Crippen molar-refractivity contribution in [1.82, 2.24) is 20.4 Å². The molecule has 8 nitrogen and oxygen atoms in total. The highest BCUT2D eigenvalue weighted by Crippen LogP contribution is 2.50. The fourth-order valence-electron chi connectivity index (χ4n) is 6.45. The Labute approximate surface area is 211 Å². The van der Waals surface area contributed by atoms with Gasteiger partial charge in [-0.1, -0.05) is 47.6 Å². The zero-order valence-electron chi connectivity index (χ0n) is 20.8. The number of hydrogen-bond donors (Lipinski definition) is 1. The lowest BCUT2D eigenvalue weighted by molar-refractivity contribution is -0.142. The van der Waals surface area contributed by atoms with Crippen LogP contribution in [0.1, 0.15) is 54.1 Å². The van der Waals surface area contributed by atoms with Crippen molar-refractivity contribution in [3.8, 4) is 11.5 Å². The first-order chi connectivity index (χ1) is 17.6. The number of nitrogens with zero attached hydrogens (tertiary/aromatic N) is 3. The molecular formula is C28H32N4O4. The summed E-state index contributed by atoms with van der Waals surface area (Å²) in [5.41, 5.74) is 2.00. The molecule has 3 aliphatic heterocycles. The number of ether oxygens (including phenoxy) is 2. The number of hydrogen-bond acceptors (Lipinski definition) is 7. The van der Waals surface area contributed by atoms with Crippen LogP contribution in [0, 0.1) is 12.8 Å². The molecule has 2 saturated heterocycles. The van der Waals surface area contributed by atoms with E-state index in [1.165, 1.54) is 5.56 Å². The Balaban J connectivity index is 1.34. The van der Waals surface area contributed by atoms with Crippen LogP contribution in [-0.2, 0) is 10.2 Å². The Morgan fingerprint density at radius 1 is 1.19 bits per heavy atom. The molecule has 6 rings (SSSR count). The molecule has 3 aliphatic rings. The summed E-state index contributed by atoms with van der Waals surface area (Å²) in [6, 6.07) is 16.3. The van der Waals surface area contributed by atoms with E-state index in [1.54, 1.807) is 7.11 Å². The predicted octanol–water partition coefficient (Wildman–Crippen LogP) is 3.77. The molecule has 0 radical (unpaired) electrons. The van der Waals surface area contributed by atoms with Crippen molar-refractivity contribution in [3.63, 3.8) is 0 Å². The van der Waals surface area contributed by atoms with E-state index in [4.69, 9.17) is 14.0 Å². The minimum Gasteiger partial charge on any atom is -0.493 e. The fourth-order valence-corrected chi connectivity index (χ4v) is 6.45. The predicted molar refractivity (Wildman–Crippen MR) is 133 cm³/mol. The quantitative estimate of drug-likeness (QED) is 0.598. The number of nitrogens with one attached hydrogen (secondary N) is 1. The van der Waals surface area contributed by atoms with Gasteiger partial charge in [-0.2, -0.15) is 4.98 Å². The van der Waals surface area contributed by atoms with Crippen LogP contribution in [0.15, 0.2) is 53.1 Å². The van der Waals surface area contributed by atoms with Gasteiger partial charge in [0.25, 0.3) is 0 Å². The minimum absolute atomic E-state index is 0.142. The molecule has 0 saturated carbocycles. The van der Waals surface area contributed by atoms with Gasteiger partial charge in [0.1, 0.15) is 6.04 Å². The molecule has 8 heteroatoms. The van der Waals surface area contributed by atoms with E-state index in [-0.39, 0.29) is 23.3 Å². The number of aryl methyl sites for hydroxylation is 1. The zero-order valence-corrected chi connectivity index (χ0v) is 20.8. The molecule has 0 aliphatic carbocycles. The molecule has 1 spiro atoms. The molecule has 1 aromatic heterocycles. The normalized spacial score (nSPS) is 27.5. The van der Waals surface area contributed by atoms with Gasteiger partial charge in [-0.15, -0.1) is 0 Å². The molecule has 4 atom stereocenters. The molecule has 0 bridgehead atoms. The van der Waals surface area contributed by atoms with Crippen LogP contribution in [0.5, 0.6) is 11.5 Å². The van der Waals surface area contributed by atoms with Crippen molar-refractivity contribution in [2.24, 2.45) is 5.92 Å². The van der Waals surface area contributed by atoms with Gasteiger partial charge < -0.3 is 24.2 Å². The van der Waals surface area contributed by atoms with Crippen LogP contribution in [0.3, 0.4) is 0 Å². The summed E-state index contributed by atoms with van der Waals surface area (Å²) in [6.07, 6.45) is 2.44. The number of benzene rings is 2. The Bertz CT molecular complexity index is 1250. The second-order valence-corrected chi connectivity index (χ2v) is 10.1. The van der Waals surface area contributed by atoms with Crippen molar-refractivity contribution in [3.05, 3.63) is 71.4 Å². The van der Waals surface area contributed by atoms with Gasteiger partial charge >= 0.3 is 0 Å². The van der Waals surface area contributed by atoms with E-state index < -0.39 is 0 Å². The van der Waals surface area contributed by atoms with E-state index in [9.17, 15) is 4.79 Å². The number of amides is 1. The number of carbonyl (C=O) groups is 1. The molecule has 4 heterocycles. The van der Waals surface area contributed by atoms with Crippen LogP contribution < -0.4 is 14.8 Å². The van der Waals surface area contributed by atoms with Crippen molar-refractivity contribution >= 4 is 5.91 Å². The number of aromatic nitrogens is 2. The van der Waals surface area contributed by atoms with E-state index in [2.05, 4.69) is 45.8 Å². The summed E-state index contributed by atoms with van der Waals surface area (Å²) >= 11 is 0. The number of fused-ring (bicyclic) bond motifs is 2. The van der Waals surface area contributed by atoms with Gasteiger partial charge in [-0.05, 0) is 43.7 Å². The van der Waals surface area contributed by atoms with Gasteiger partial charge in [-0.3, -0.25) is 4.79 Å². The van der Waals surface area contributed by atoms with Gasteiger partial charge in [0.05, 0.1) is 19.6 Å². The molecular weight excluding hydrogens is 456 g/mol. The van der Waals surface area contributed by atoms with Crippen molar-refractivity contribution < 1.29 is 18.8 Å². The van der Waals surface area contributed by atoms with Crippen LogP contribution >= 0.6 is 0 Å². The summed E-state index contributed by atoms with van der Waals surface area (Å²) in [4.78, 5) is 21.0. The third kappa shape index (κ3) is 3.75. The Kier molecular flexibility index (Phi) is 5.91. The molecule has 3 aromatic rings. The van der Waals surface area contributed by atoms with Gasteiger partial charge in [0, 0.05) is 30.6 Å². The maximum absolute atomic E-state index is 14.4. The molecule has 1 unspecified atom stereocenters. The number of methoxy groups -OCH3 is 1. The third-order valence-electron chi connectivity index (χ3n) is 8.27. The smallest absolute Gasteiger partial charge is 0.249 e. The fraction of sp³-hybridized carbons (Fsp3) is 0.464. The molecule has 2 fully saturated rings. The van der Waals surface area contributed by atoms with E-state index in [0.717, 1.165) is 37.1 Å². The zero-order chi connectivity index (χ0) is 24.7. The maximum atomic E-state index is 14.4. The average molecular weight is 489 g/mol. The SMILES string of the molecule is COc1cccc2c1OCC[C@]21CNC[C@H]1C(=O)N1CCC(c2ccccc2)C[C@H]1c1nc(C)no1. The first-order valence-corrected chi connectivity index (χ1v) is 12.8. The second-order valence-electron chi connectivity index (χ2n) is 10.1. The topological polar surface area (TPSA) is 89.7 Å². The summed E-state index contributed by atoms with van der Waals surface area (Å²) in [7, 11) is 1.66. The lowest BCUT2D eigenvalue weighted by Crippen LogP contribution is -2.51. The number of para-hydroxylation sites is 1. The molecule has 36 heavy (non-hydrogen) atoms. The lowest BCUT2D eigenvalue weighted by Gasteiger charge is -2.44. The number of piperidine rings is 1. The molecule has 188 valence electrons. The monoisotopic (exact) mass is 488 g/mol. The maximum Gasteiger partial charge on any atom is 0.249 e. The Morgan fingerprint density at radius 3 is 2.83 bits per heavy atom. The summed E-state index contributed by atoms with van der Waals surface area (Å²) in [6.45, 7) is 4.39. The Morgan fingerprint density at radius 2 is 2.06 bits per heavy atom. The van der Waals surface area contributed by atoms with Crippen molar-refractivity contribution in [2.45, 2.75) is 43.6 Å². The number of rotatable bonds is 4. The second kappa shape index (κ2) is 9.24. The highest BCUT2D eigenvalue weighted by molar-refractivity contribution is 5.82. The highest BCUT2D eigenvalue weighted by atomic mass is 16.5.